The Labute approximate surface area is 206 Å². The average molecular weight is 502 g/mol. The second-order valence-corrected chi connectivity index (χ2v) is 9.27. The number of rotatable bonds is 13. The van der Waals surface area contributed by atoms with Crippen LogP contribution in [0.2, 0.25) is 0 Å². The molecule has 1 heterocycles. The number of hydrogen-bond donors (Lipinski definition) is 2. The molecule has 0 bridgehead atoms. The van der Waals surface area contributed by atoms with E-state index >= 15 is 0 Å². The van der Waals surface area contributed by atoms with Crippen LogP contribution in [0.15, 0.2) is 53.4 Å². The molecule has 35 heavy (non-hydrogen) atoms. The molecule has 3 aromatic rings. The number of unbranched alkanes of at least 4 members (excludes halogenated alkanes) is 1. The standard InChI is InChI=1S/C25H31N3O6S/c1-4-6-11-18-12-7-10-15-21(18)35(30,31)28-24-23(34-20-14-9-8-13-19(20)32-3)25(33-17-16-29)27-22(5-2)26-24/h7-10,12-15,29H,4-6,11,16-17H2,1-3H3,(H,26,27,28). The number of ether oxygens (including phenoxy) is 3. The van der Waals surface area contributed by atoms with Crippen LogP contribution >= 0.6 is 0 Å². The highest BCUT2D eigenvalue weighted by Crippen LogP contribution is 2.40. The van der Waals surface area contributed by atoms with Gasteiger partial charge in [0.1, 0.15) is 12.4 Å². The maximum Gasteiger partial charge on any atom is 0.263 e. The number of benzene rings is 2. The van der Waals surface area contributed by atoms with E-state index in [1.54, 1.807) is 36.4 Å². The Morgan fingerprint density at radius 3 is 2.40 bits per heavy atom. The molecule has 0 spiro atoms. The van der Waals surface area contributed by atoms with Gasteiger partial charge in [-0.1, -0.05) is 50.6 Å². The van der Waals surface area contributed by atoms with Crippen molar-refractivity contribution in [3.05, 3.63) is 59.9 Å². The minimum Gasteiger partial charge on any atom is -0.493 e. The summed E-state index contributed by atoms with van der Waals surface area (Å²) in [5.74, 6) is 1.01. The fourth-order valence-corrected chi connectivity index (χ4v) is 4.64. The second kappa shape index (κ2) is 12.4. The Bertz CT molecular complexity index is 1230. The van der Waals surface area contributed by atoms with Crippen LogP contribution in [-0.2, 0) is 22.9 Å². The summed E-state index contributed by atoms with van der Waals surface area (Å²) in [5, 5.41) is 9.28. The maximum atomic E-state index is 13.5. The molecule has 9 nitrogen and oxygen atoms in total. The van der Waals surface area contributed by atoms with Crippen LogP contribution in [0.4, 0.5) is 5.82 Å². The van der Waals surface area contributed by atoms with Gasteiger partial charge < -0.3 is 19.3 Å². The molecule has 0 aliphatic rings. The van der Waals surface area contributed by atoms with Crippen molar-refractivity contribution in [1.29, 1.82) is 0 Å². The number of sulfonamides is 1. The lowest BCUT2D eigenvalue weighted by Gasteiger charge is -2.18. The number of methoxy groups -OCH3 is 1. The number of aliphatic hydroxyl groups is 1. The van der Waals surface area contributed by atoms with Gasteiger partial charge in [-0.25, -0.2) is 13.4 Å². The molecule has 0 atom stereocenters. The summed E-state index contributed by atoms with van der Waals surface area (Å²) >= 11 is 0. The predicted octanol–water partition coefficient (Wildman–Crippen LogP) is 4.35. The van der Waals surface area contributed by atoms with Crippen molar-refractivity contribution in [3.63, 3.8) is 0 Å². The van der Waals surface area contributed by atoms with Gasteiger partial charge in [0.25, 0.3) is 15.9 Å². The molecule has 2 aromatic carbocycles. The Hall–Kier alpha value is -3.37. The number of hydrogen-bond acceptors (Lipinski definition) is 8. The van der Waals surface area contributed by atoms with Crippen molar-refractivity contribution in [2.75, 3.05) is 25.0 Å². The predicted molar refractivity (Wildman–Crippen MR) is 133 cm³/mol. The fraction of sp³-hybridized carbons (Fsp3) is 0.360. The van der Waals surface area contributed by atoms with Gasteiger partial charge in [-0.3, -0.25) is 4.72 Å². The topological polar surface area (TPSA) is 120 Å². The van der Waals surface area contributed by atoms with Crippen molar-refractivity contribution in [2.24, 2.45) is 0 Å². The zero-order valence-electron chi connectivity index (χ0n) is 20.2. The Morgan fingerprint density at radius 2 is 1.71 bits per heavy atom. The quantitative estimate of drug-likeness (QED) is 0.355. The lowest BCUT2D eigenvalue weighted by molar-refractivity contribution is 0.192. The van der Waals surface area contributed by atoms with Gasteiger partial charge in [-0.2, -0.15) is 4.98 Å². The third-order valence-electron chi connectivity index (χ3n) is 5.10. The average Bonchev–Trinajstić information content (AvgIpc) is 2.87. The minimum atomic E-state index is -4.02. The van der Waals surface area contributed by atoms with Gasteiger partial charge >= 0.3 is 0 Å². The molecule has 0 aliphatic carbocycles. The van der Waals surface area contributed by atoms with E-state index in [4.69, 9.17) is 14.2 Å². The molecule has 2 N–H and O–H groups in total. The van der Waals surface area contributed by atoms with Gasteiger partial charge in [-0.15, -0.1) is 0 Å². The first-order chi connectivity index (χ1) is 16.9. The van der Waals surface area contributed by atoms with Gasteiger partial charge in [0.15, 0.2) is 17.3 Å². The lowest BCUT2D eigenvalue weighted by atomic mass is 10.1. The van der Waals surface area contributed by atoms with E-state index in [-0.39, 0.29) is 35.6 Å². The van der Waals surface area contributed by atoms with E-state index in [2.05, 4.69) is 21.6 Å². The van der Waals surface area contributed by atoms with Crippen LogP contribution in [0, 0.1) is 0 Å². The first-order valence-electron chi connectivity index (χ1n) is 11.5. The van der Waals surface area contributed by atoms with E-state index < -0.39 is 10.0 Å². The van der Waals surface area contributed by atoms with Crippen molar-refractivity contribution in [3.8, 4) is 23.1 Å². The van der Waals surface area contributed by atoms with E-state index in [0.717, 1.165) is 18.4 Å². The number of anilines is 1. The van der Waals surface area contributed by atoms with E-state index in [1.807, 2.05) is 19.1 Å². The Morgan fingerprint density at radius 1 is 1.00 bits per heavy atom. The first kappa shape index (κ1) is 26.2. The lowest BCUT2D eigenvalue weighted by Crippen LogP contribution is -2.18. The van der Waals surface area contributed by atoms with Gasteiger partial charge in [0.05, 0.1) is 18.6 Å². The number of aliphatic hydroxyl groups excluding tert-OH is 1. The molecule has 0 saturated heterocycles. The minimum absolute atomic E-state index is 0.00812. The van der Waals surface area contributed by atoms with Crippen molar-refractivity contribution < 1.29 is 27.7 Å². The smallest absolute Gasteiger partial charge is 0.263 e. The zero-order valence-corrected chi connectivity index (χ0v) is 21.0. The Kier molecular flexibility index (Phi) is 9.27. The molecule has 10 heteroatoms. The molecule has 0 aliphatic heterocycles. The van der Waals surface area contributed by atoms with Gasteiger partial charge in [0.2, 0.25) is 5.75 Å². The van der Waals surface area contributed by atoms with Crippen LogP contribution in [0.25, 0.3) is 0 Å². The number of nitrogens with zero attached hydrogens (tertiary/aromatic N) is 2. The maximum absolute atomic E-state index is 13.5. The SMILES string of the molecule is CCCCc1ccccc1S(=O)(=O)Nc1nc(CC)nc(OCCO)c1Oc1ccccc1OC. The summed E-state index contributed by atoms with van der Waals surface area (Å²) in [6.45, 7) is 3.57. The normalized spacial score (nSPS) is 11.2. The van der Waals surface area contributed by atoms with Crippen LogP contribution < -0.4 is 18.9 Å². The molecule has 0 radical (unpaired) electrons. The van der Waals surface area contributed by atoms with Gasteiger partial charge in [-0.05, 0) is 36.6 Å². The summed E-state index contributed by atoms with van der Waals surface area (Å²) in [4.78, 5) is 8.93. The zero-order chi connectivity index (χ0) is 25.3. The summed E-state index contributed by atoms with van der Waals surface area (Å²) in [5.41, 5.74) is 0.718. The second-order valence-electron chi connectivity index (χ2n) is 7.62. The molecular weight excluding hydrogens is 470 g/mol. The summed E-state index contributed by atoms with van der Waals surface area (Å²) in [6, 6.07) is 13.8. The third-order valence-corrected chi connectivity index (χ3v) is 6.54. The highest BCUT2D eigenvalue weighted by molar-refractivity contribution is 7.92. The highest BCUT2D eigenvalue weighted by Gasteiger charge is 2.25. The summed E-state index contributed by atoms with van der Waals surface area (Å²) in [7, 11) is -2.52. The third kappa shape index (κ3) is 6.61. The van der Waals surface area contributed by atoms with E-state index in [9.17, 15) is 13.5 Å². The van der Waals surface area contributed by atoms with E-state index in [0.29, 0.717) is 30.2 Å². The van der Waals surface area contributed by atoms with Crippen LogP contribution in [0.1, 0.15) is 38.1 Å². The molecule has 0 saturated carbocycles. The van der Waals surface area contributed by atoms with Crippen LogP contribution in [0.3, 0.4) is 0 Å². The number of aromatic nitrogens is 2. The molecule has 0 fully saturated rings. The van der Waals surface area contributed by atoms with Crippen molar-refractivity contribution in [1.82, 2.24) is 9.97 Å². The van der Waals surface area contributed by atoms with Crippen molar-refractivity contribution >= 4 is 15.8 Å². The molecule has 188 valence electrons. The highest BCUT2D eigenvalue weighted by atomic mass is 32.2. The van der Waals surface area contributed by atoms with Crippen molar-refractivity contribution in [2.45, 2.75) is 44.4 Å². The molecular formula is C25H31N3O6S. The number of nitrogens with one attached hydrogen (secondary N) is 1. The first-order valence-corrected chi connectivity index (χ1v) is 13.0. The molecule has 0 unspecified atom stereocenters. The largest absolute Gasteiger partial charge is 0.493 e. The fourth-order valence-electron chi connectivity index (χ4n) is 3.37. The number of aryl methyl sites for hydroxylation is 2. The summed E-state index contributed by atoms with van der Waals surface area (Å²) < 4.78 is 46.6. The van der Waals surface area contributed by atoms with Crippen LogP contribution in [0.5, 0.6) is 23.1 Å². The number of para-hydroxylation sites is 2. The molecule has 3 rings (SSSR count). The van der Waals surface area contributed by atoms with E-state index in [1.165, 1.54) is 7.11 Å². The summed E-state index contributed by atoms with van der Waals surface area (Å²) in [6.07, 6.45) is 2.86. The van der Waals surface area contributed by atoms with Crippen LogP contribution in [-0.4, -0.2) is 43.8 Å². The monoisotopic (exact) mass is 501 g/mol. The molecule has 0 amide bonds. The Balaban J connectivity index is 2.11. The molecule has 1 aromatic heterocycles. The van der Waals surface area contributed by atoms with Gasteiger partial charge in [0, 0.05) is 6.42 Å².